The summed E-state index contributed by atoms with van der Waals surface area (Å²) in [5.74, 6) is -3.31. The van der Waals surface area contributed by atoms with Gasteiger partial charge in [0.05, 0.1) is 0 Å². The Labute approximate surface area is 81.7 Å². The van der Waals surface area contributed by atoms with E-state index in [1.165, 1.54) is 0 Å². The van der Waals surface area contributed by atoms with Gasteiger partial charge in [-0.05, 0) is 18.2 Å². The van der Waals surface area contributed by atoms with Crippen molar-refractivity contribution in [2.24, 2.45) is 0 Å². The van der Waals surface area contributed by atoms with Crippen molar-refractivity contribution in [3.63, 3.8) is 0 Å². The van der Waals surface area contributed by atoms with Crippen molar-refractivity contribution in [3.05, 3.63) is 29.8 Å². The van der Waals surface area contributed by atoms with Gasteiger partial charge in [0, 0.05) is 4.90 Å². The molecule has 0 heterocycles. The zero-order valence-electron chi connectivity index (χ0n) is 6.71. The number of alkyl halides is 1. The molecule has 0 saturated carbocycles. The molecule has 1 aromatic carbocycles. The second-order valence-corrected chi connectivity index (χ2v) is 3.44. The third-order valence-electron chi connectivity index (χ3n) is 1.32. The van der Waals surface area contributed by atoms with Gasteiger partial charge < -0.3 is 5.11 Å². The molecule has 14 heavy (non-hydrogen) atoms. The van der Waals surface area contributed by atoms with Gasteiger partial charge in [0.1, 0.15) is 11.6 Å². The van der Waals surface area contributed by atoms with E-state index in [1.54, 1.807) is 0 Å². The summed E-state index contributed by atoms with van der Waals surface area (Å²) in [6.45, 7) is 0. The molecule has 0 amide bonds. The van der Waals surface area contributed by atoms with Gasteiger partial charge in [0.15, 0.2) is 0 Å². The van der Waals surface area contributed by atoms with Crippen LogP contribution in [0.3, 0.4) is 0 Å². The molecule has 1 atom stereocenters. The van der Waals surface area contributed by atoms with Crippen LogP contribution in [-0.4, -0.2) is 16.6 Å². The fraction of sp³-hybridized carbons (Fsp3) is 0.125. The highest BCUT2D eigenvalue weighted by atomic mass is 32.2. The fourth-order valence-corrected chi connectivity index (χ4v) is 1.41. The van der Waals surface area contributed by atoms with Crippen LogP contribution in [0.1, 0.15) is 0 Å². The standard InChI is InChI=1S/C8H5F3O2S/c9-4-1-2-5(10)6(3-4)14-7(11)8(12)13/h1-3,7H,(H,12,13). The SMILES string of the molecule is O=C(O)C(F)Sc1cc(F)ccc1F. The van der Waals surface area contributed by atoms with Crippen molar-refractivity contribution in [3.8, 4) is 0 Å². The molecular weight excluding hydrogens is 217 g/mol. The smallest absolute Gasteiger partial charge is 0.349 e. The molecule has 0 spiro atoms. The van der Waals surface area contributed by atoms with E-state index in [-0.39, 0.29) is 16.7 Å². The van der Waals surface area contributed by atoms with Crippen LogP contribution in [0.25, 0.3) is 0 Å². The molecule has 0 aliphatic heterocycles. The van der Waals surface area contributed by atoms with Crippen LogP contribution in [0.15, 0.2) is 23.1 Å². The Morgan fingerprint density at radius 1 is 1.43 bits per heavy atom. The van der Waals surface area contributed by atoms with Gasteiger partial charge in [-0.1, -0.05) is 11.8 Å². The van der Waals surface area contributed by atoms with Crippen LogP contribution in [0.5, 0.6) is 0 Å². The Kier molecular flexibility index (Phi) is 3.40. The summed E-state index contributed by atoms with van der Waals surface area (Å²) in [7, 11) is 0. The molecule has 1 unspecified atom stereocenters. The molecule has 0 bridgehead atoms. The summed E-state index contributed by atoms with van der Waals surface area (Å²) in [6.07, 6.45) is 0. The second kappa shape index (κ2) is 4.36. The normalized spacial score (nSPS) is 12.5. The van der Waals surface area contributed by atoms with Crippen molar-refractivity contribution in [2.45, 2.75) is 10.4 Å². The summed E-state index contributed by atoms with van der Waals surface area (Å²) >= 11 is 0.111. The number of rotatable bonds is 3. The average molecular weight is 222 g/mol. The highest BCUT2D eigenvalue weighted by Gasteiger charge is 2.19. The monoisotopic (exact) mass is 222 g/mol. The predicted molar refractivity (Wildman–Crippen MR) is 44.7 cm³/mol. The third-order valence-corrected chi connectivity index (χ3v) is 2.29. The highest BCUT2D eigenvalue weighted by molar-refractivity contribution is 8.00. The number of benzene rings is 1. The molecule has 0 fully saturated rings. The summed E-state index contributed by atoms with van der Waals surface area (Å²) in [5.41, 5.74) is -2.30. The molecule has 1 rings (SSSR count). The number of aliphatic carboxylic acids is 1. The maximum absolute atomic E-state index is 12.8. The molecule has 2 nitrogen and oxygen atoms in total. The van der Waals surface area contributed by atoms with E-state index >= 15 is 0 Å². The van der Waals surface area contributed by atoms with Gasteiger partial charge in [0.25, 0.3) is 0 Å². The zero-order chi connectivity index (χ0) is 10.7. The van der Waals surface area contributed by atoms with Crippen LogP contribution in [-0.2, 0) is 4.79 Å². The quantitative estimate of drug-likeness (QED) is 0.798. The first-order valence-corrected chi connectivity index (χ1v) is 4.37. The zero-order valence-corrected chi connectivity index (χ0v) is 7.52. The molecule has 76 valence electrons. The fourth-order valence-electron chi connectivity index (χ4n) is 0.729. The van der Waals surface area contributed by atoms with Gasteiger partial charge in [-0.3, -0.25) is 0 Å². The Hall–Kier alpha value is -1.17. The number of hydrogen-bond acceptors (Lipinski definition) is 2. The third kappa shape index (κ3) is 2.66. The summed E-state index contributed by atoms with van der Waals surface area (Å²) in [4.78, 5) is 9.73. The van der Waals surface area contributed by atoms with Crippen LogP contribution in [0, 0.1) is 11.6 Å². The highest BCUT2D eigenvalue weighted by Crippen LogP contribution is 2.27. The van der Waals surface area contributed by atoms with Crippen molar-refractivity contribution in [2.75, 3.05) is 0 Å². The van der Waals surface area contributed by atoms with Gasteiger partial charge in [0.2, 0.25) is 5.50 Å². The largest absolute Gasteiger partial charge is 0.478 e. The Morgan fingerprint density at radius 2 is 2.07 bits per heavy atom. The van der Waals surface area contributed by atoms with Crippen LogP contribution < -0.4 is 0 Å². The van der Waals surface area contributed by atoms with Crippen LogP contribution in [0.4, 0.5) is 13.2 Å². The minimum absolute atomic E-state index is 0.111. The maximum atomic E-state index is 12.8. The number of carboxylic acid groups (broad SMARTS) is 1. The number of carboxylic acids is 1. The van der Waals surface area contributed by atoms with Crippen molar-refractivity contribution in [1.82, 2.24) is 0 Å². The minimum atomic E-state index is -2.30. The molecule has 0 saturated heterocycles. The molecule has 0 radical (unpaired) electrons. The first kappa shape index (κ1) is 10.9. The van der Waals surface area contributed by atoms with Crippen molar-refractivity contribution in [1.29, 1.82) is 0 Å². The lowest BCUT2D eigenvalue weighted by Gasteiger charge is -2.03. The minimum Gasteiger partial charge on any atom is -0.478 e. The first-order valence-electron chi connectivity index (χ1n) is 3.49. The van der Waals surface area contributed by atoms with E-state index in [0.717, 1.165) is 18.2 Å². The van der Waals surface area contributed by atoms with Crippen LogP contribution >= 0.6 is 11.8 Å². The number of hydrogen-bond donors (Lipinski definition) is 1. The molecular formula is C8H5F3O2S. The Bertz CT molecular complexity index is 356. The molecule has 0 aliphatic rings. The van der Waals surface area contributed by atoms with Gasteiger partial charge in [-0.25, -0.2) is 18.0 Å². The lowest BCUT2D eigenvalue weighted by atomic mass is 10.3. The molecule has 0 aliphatic carbocycles. The van der Waals surface area contributed by atoms with Crippen LogP contribution in [0.2, 0.25) is 0 Å². The summed E-state index contributed by atoms with van der Waals surface area (Å²) in [6, 6.07) is 2.43. The molecule has 1 N–H and O–H groups in total. The van der Waals surface area contributed by atoms with E-state index in [1.807, 2.05) is 0 Å². The van der Waals surface area contributed by atoms with E-state index in [4.69, 9.17) is 5.11 Å². The van der Waals surface area contributed by atoms with Gasteiger partial charge >= 0.3 is 5.97 Å². The average Bonchev–Trinajstić information content (AvgIpc) is 2.11. The van der Waals surface area contributed by atoms with E-state index in [9.17, 15) is 18.0 Å². The van der Waals surface area contributed by atoms with Gasteiger partial charge in [-0.15, -0.1) is 0 Å². The number of carbonyl (C=O) groups is 1. The van der Waals surface area contributed by atoms with Crippen molar-refractivity contribution >= 4 is 17.7 Å². The van der Waals surface area contributed by atoms with E-state index in [0.29, 0.717) is 0 Å². The second-order valence-electron chi connectivity index (χ2n) is 2.35. The number of halogens is 3. The Morgan fingerprint density at radius 3 is 2.64 bits per heavy atom. The van der Waals surface area contributed by atoms with Gasteiger partial charge in [-0.2, -0.15) is 0 Å². The topological polar surface area (TPSA) is 37.3 Å². The molecule has 1 aromatic rings. The molecule has 0 aromatic heterocycles. The Balaban J connectivity index is 2.85. The maximum Gasteiger partial charge on any atom is 0.349 e. The summed E-state index contributed by atoms with van der Waals surface area (Å²) < 4.78 is 38.0. The first-order chi connectivity index (χ1) is 6.50. The lowest BCUT2D eigenvalue weighted by Crippen LogP contribution is -2.09. The summed E-state index contributed by atoms with van der Waals surface area (Å²) in [5, 5.41) is 8.19. The van der Waals surface area contributed by atoms with Crippen molar-refractivity contribution < 1.29 is 23.1 Å². The number of thioether (sulfide) groups is 1. The van der Waals surface area contributed by atoms with E-state index in [2.05, 4.69) is 0 Å². The molecule has 6 heteroatoms. The van der Waals surface area contributed by atoms with E-state index < -0.39 is 23.1 Å². The predicted octanol–water partition coefficient (Wildman–Crippen LogP) is 2.44. The lowest BCUT2D eigenvalue weighted by molar-refractivity contribution is -0.139.